The van der Waals surface area contributed by atoms with Gasteiger partial charge in [-0.05, 0) is 44.0 Å². The standard InChI is InChI=1S/C17H25NO2/c1-5-6-12-18(4)17(19)11-10-15-8-7-9-16(13-15)20-14(2)3/h7-11,13-14H,5-6,12H2,1-4H3/b11-10+. The van der Waals surface area contributed by atoms with Crippen molar-refractivity contribution in [3.05, 3.63) is 35.9 Å². The highest BCUT2D eigenvalue weighted by Gasteiger charge is 2.03. The third-order valence-corrected chi connectivity index (χ3v) is 2.87. The number of ether oxygens (including phenoxy) is 1. The molecular weight excluding hydrogens is 250 g/mol. The molecule has 20 heavy (non-hydrogen) atoms. The van der Waals surface area contributed by atoms with E-state index < -0.39 is 0 Å². The minimum Gasteiger partial charge on any atom is -0.491 e. The van der Waals surface area contributed by atoms with E-state index in [1.54, 1.807) is 11.0 Å². The van der Waals surface area contributed by atoms with Crippen molar-refractivity contribution >= 4 is 12.0 Å². The third-order valence-electron chi connectivity index (χ3n) is 2.87. The third kappa shape index (κ3) is 5.91. The van der Waals surface area contributed by atoms with E-state index in [-0.39, 0.29) is 12.0 Å². The second-order valence-electron chi connectivity index (χ2n) is 5.19. The molecule has 0 aliphatic heterocycles. The predicted molar refractivity (Wildman–Crippen MR) is 83.8 cm³/mol. The van der Waals surface area contributed by atoms with E-state index in [0.717, 1.165) is 30.7 Å². The Balaban J connectivity index is 2.63. The summed E-state index contributed by atoms with van der Waals surface area (Å²) in [6, 6.07) is 7.76. The number of likely N-dealkylation sites (N-methyl/N-ethyl adjacent to an activating group) is 1. The molecule has 0 radical (unpaired) electrons. The number of amides is 1. The van der Waals surface area contributed by atoms with Gasteiger partial charge in [0.25, 0.3) is 0 Å². The minimum atomic E-state index is 0.0358. The van der Waals surface area contributed by atoms with Crippen LogP contribution in [-0.4, -0.2) is 30.5 Å². The molecule has 0 saturated carbocycles. The van der Waals surface area contributed by atoms with Gasteiger partial charge in [0.15, 0.2) is 0 Å². The largest absolute Gasteiger partial charge is 0.491 e. The Kier molecular flexibility index (Phi) is 6.85. The quantitative estimate of drug-likeness (QED) is 0.709. The molecule has 110 valence electrons. The highest BCUT2D eigenvalue weighted by atomic mass is 16.5. The van der Waals surface area contributed by atoms with E-state index >= 15 is 0 Å². The normalized spacial score (nSPS) is 11.1. The summed E-state index contributed by atoms with van der Waals surface area (Å²) >= 11 is 0. The van der Waals surface area contributed by atoms with Crippen LogP contribution in [0, 0.1) is 0 Å². The summed E-state index contributed by atoms with van der Waals surface area (Å²) < 4.78 is 5.63. The first-order valence-corrected chi connectivity index (χ1v) is 7.22. The molecule has 3 nitrogen and oxygen atoms in total. The van der Waals surface area contributed by atoms with Crippen LogP contribution in [0.1, 0.15) is 39.2 Å². The summed E-state index contributed by atoms with van der Waals surface area (Å²) in [5.41, 5.74) is 0.973. The van der Waals surface area contributed by atoms with Gasteiger partial charge in [-0.3, -0.25) is 4.79 Å². The molecule has 1 aromatic carbocycles. The molecular formula is C17H25NO2. The van der Waals surface area contributed by atoms with Crippen molar-refractivity contribution in [1.29, 1.82) is 0 Å². The van der Waals surface area contributed by atoms with Gasteiger partial charge in [0.05, 0.1) is 6.10 Å². The molecule has 0 aliphatic rings. The van der Waals surface area contributed by atoms with Crippen molar-refractivity contribution in [2.45, 2.75) is 39.7 Å². The van der Waals surface area contributed by atoms with E-state index in [4.69, 9.17) is 4.74 Å². The number of hydrogen-bond acceptors (Lipinski definition) is 2. The Morgan fingerprint density at radius 2 is 2.15 bits per heavy atom. The zero-order chi connectivity index (χ0) is 15.0. The van der Waals surface area contributed by atoms with Crippen molar-refractivity contribution in [3.8, 4) is 5.75 Å². The van der Waals surface area contributed by atoms with Gasteiger partial charge in [-0.2, -0.15) is 0 Å². The fourth-order valence-corrected chi connectivity index (χ4v) is 1.76. The summed E-state index contributed by atoms with van der Waals surface area (Å²) in [5.74, 6) is 0.863. The lowest BCUT2D eigenvalue weighted by Gasteiger charge is -2.14. The number of unbranched alkanes of at least 4 members (excludes halogenated alkanes) is 1. The summed E-state index contributed by atoms with van der Waals surface area (Å²) in [6.07, 6.45) is 5.72. The molecule has 0 spiro atoms. The van der Waals surface area contributed by atoms with E-state index in [0.29, 0.717) is 0 Å². The number of hydrogen-bond donors (Lipinski definition) is 0. The molecule has 0 heterocycles. The van der Waals surface area contributed by atoms with Gasteiger partial charge in [0.1, 0.15) is 5.75 Å². The van der Waals surface area contributed by atoms with Crippen LogP contribution in [0.2, 0.25) is 0 Å². The molecule has 0 atom stereocenters. The lowest BCUT2D eigenvalue weighted by molar-refractivity contribution is -0.124. The highest BCUT2D eigenvalue weighted by molar-refractivity contribution is 5.91. The Morgan fingerprint density at radius 1 is 1.40 bits per heavy atom. The average molecular weight is 275 g/mol. The molecule has 1 amide bonds. The van der Waals surface area contributed by atoms with Crippen molar-refractivity contribution in [2.24, 2.45) is 0 Å². The van der Waals surface area contributed by atoms with Crippen LogP contribution in [0.5, 0.6) is 5.75 Å². The first kappa shape index (κ1) is 16.3. The van der Waals surface area contributed by atoms with Gasteiger partial charge in [-0.1, -0.05) is 25.5 Å². The molecule has 0 saturated heterocycles. The summed E-state index contributed by atoms with van der Waals surface area (Å²) in [4.78, 5) is 13.6. The van der Waals surface area contributed by atoms with Crippen LogP contribution in [-0.2, 0) is 4.79 Å². The highest BCUT2D eigenvalue weighted by Crippen LogP contribution is 2.16. The SMILES string of the molecule is CCCCN(C)C(=O)/C=C/c1cccc(OC(C)C)c1. The zero-order valence-corrected chi connectivity index (χ0v) is 12.9. The van der Waals surface area contributed by atoms with Gasteiger partial charge in [-0.25, -0.2) is 0 Å². The van der Waals surface area contributed by atoms with Crippen molar-refractivity contribution in [3.63, 3.8) is 0 Å². The maximum absolute atomic E-state index is 11.9. The average Bonchev–Trinajstić information content (AvgIpc) is 2.41. The summed E-state index contributed by atoms with van der Waals surface area (Å²) in [6.45, 7) is 6.91. The Hall–Kier alpha value is -1.77. The lowest BCUT2D eigenvalue weighted by Crippen LogP contribution is -2.25. The molecule has 0 aromatic heterocycles. The smallest absolute Gasteiger partial charge is 0.246 e. The van der Waals surface area contributed by atoms with Gasteiger partial charge >= 0.3 is 0 Å². The van der Waals surface area contributed by atoms with E-state index in [1.165, 1.54) is 0 Å². The number of rotatable bonds is 7. The van der Waals surface area contributed by atoms with E-state index in [9.17, 15) is 4.79 Å². The lowest BCUT2D eigenvalue weighted by atomic mass is 10.2. The number of nitrogens with zero attached hydrogens (tertiary/aromatic N) is 1. The number of carbonyl (C=O) groups excluding carboxylic acids is 1. The first-order chi connectivity index (χ1) is 9.52. The first-order valence-electron chi connectivity index (χ1n) is 7.22. The Labute approximate surface area is 122 Å². The topological polar surface area (TPSA) is 29.5 Å². The van der Waals surface area contributed by atoms with Crippen LogP contribution >= 0.6 is 0 Å². The molecule has 3 heteroatoms. The molecule has 0 bridgehead atoms. The number of benzene rings is 1. The van der Waals surface area contributed by atoms with Crippen LogP contribution in [0.3, 0.4) is 0 Å². The van der Waals surface area contributed by atoms with E-state index in [1.807, 2.05) is 51.2 Å². The molecule has 1 aromatic rings. The van der Waals surface area contributed by atoms with Crippen molar-refractivity contribution in [1.82, 2.24) is 4.90 Å². The van der Waals surface area contributed by atoms with Crippen LogP contribution < -0.4 is 4.74 Å². The van der Waals surface area contributed by atoms with Gasteiger partial charge < -0.3 is 9.64 Å². The predicted octanol–water partition coefficient (Wildman–Crippen LogP) is 3.75. The Morgan fingerprint density at radius 3 is 2.80 bits per heavy atom. The maximum Gasteiger partial charge on any atom is 0.246 e. The Bertz CT molecular complexity index is 452. The monoisotopic (exact) mass is 275 g/mol. The van der Waals surface area contributed by atoms with E-state index in [2.05, 4.69) is 6.92 Å². The van der Waals surface area contributed by atoms with Crippen molar-refractivity contribution in [2.75, 3.05) is 13.6 Å². The minimum absolute atomic E-state index is 0.0358. The molecule has 0 unspecified atom stereocenters. The van der Waals surface area contributed by atoms with Gasteiger partial charge in [-0.15, -0.1) is 0 Å². The molecule has 0 N–H and O–H groups in total. The second-order valence-corrected chi connectivity index (χ2v) is 5.19. The fourth-order valence-electron chi connectivity index (χ4n) is 1.76. The van der Waals surface area contributed by atoms with Crippen LogP contribution in [0.4, 0.5) is 0 Å². The molecule has 1 rings (SSSR count). The van der Waals surface area contributed by atoms with Crippen molar-refractivity contribution < 1.29 is 9.53 Å². The second kappa shape index (κ2) is 8.41. The molecule has 0 aliphatic carbocycles. The molecule has 0 fully saturated rings. The number of carbonyl (C=O) groups is 1. The van der Waals surface area contributed by atoms with Gasteiger partial charge in [0.2, 0.25) is 5.91 Å². The zero-order valence-electron chi connectivity index (χ0n) is 12.9. The fraction of sp³-hybridized carbons (Fsp3) is 0.471. The van der Waals surface area contributed by atoms with Gasteiger partial charge in [0, 0.05) is 19.7 Å². The summed E-state index contributed by atoms with van der Waals surface area (Å²) in [7, 11) is 1.83. The van der Waals surface area contributed by atoms with Crippen LogP contribution in [0.15, 0.2) is 30.3 Å². The summed E-state index contributed by atoms with van der Waals surface area (Å²) in [5, 5.41) is 0. The maximum atomic E-state index is 11.9. The van der Waals surface area contributed by atoms with Crippen LogP contribution in [0.25, 0.3) is 6.08 Å².